The Balaban J connectivity index is 2.98. The van der Waals surface area contributed by atoms with Gasteiger partial charge >= 0.3 is 5.97 Å². The normalized spacial score (nSPS) is 42.5. The quantitative estimate of drug-likeness (QED) is 0.716. The Labute approximate surface area is 80.3 Å². The zero-order chi connectivity index (χ0) is 10.4. The molecular weight excluding hydrogens is 164 g/mol. The van der Waals surface area contributed by atoms with E-state index < -0.39 is 5.97 Å². The first-order valence-corrected chi connectivity index (χ1v) is 5.02. The summed E-state index contributed by atoms with van der Waals surface area (Å²) in [5.41, 5.74) is 0.128. The van der Waals surface area contributed by atoms with E-state index in [1.807, 2.05) is 0 Å². The van der Waals surface area contributed by atoms with Crippen LogP contribution in [0.1, 0.15) is 41.0 Å². The first-order valence-electron chi connectivity index (χ1n) is 5.02. The van der Waals surface area contributed by atoms with E-state index in [2.05, 4.69) is 34.6 Å². The molecule has 1 fully saturated rings. The van der Waals surface area contributed by atoms with Gasteiger partial charge in [-0.25, -0.2) is 0 Å². The summed E-state index contributed by atoms with van der Waals surface area (Å²) >= 11 is 0. The smallest absolute Gasteiger partial charge is 0.307 e. The molecule has 2 heteroatoms. The van der Waals surface area contributed by atoms with Gasteiger partial charge in [0, 0.05) is 0 Å². The second kappa shape index (κ2) is 2.73. The SMILES string of the molecule is CCC1(C)C(C(=O)O)C(C)C1(C)C. The number of carboxylic acid groups (broad SMARTS) is 1. The van der Waals surface area contributed by atoms with E-state index in [9.17, 15) is 4.79 Å². The third-order valence-electron chi connectivity index (χ3n) is 4.80. The molecule has 0 saturated heterocycles. The highest BCUT2D eigenvalue weighted by atomic mass is 16.4. The van der Waals surface area contributed by atoms with Gasteiger partial charge in [-0.3, -0.25) is 4.79 Å². The van der Waals surface area contributed by atoms with E-state index in [4.69, 9.17) is 5.11 Å². The Morgan fingerprint density at radius 1 is 1.38 bits per heavy atom. The molecular formula is C11H20O2. The molecule has 0 radical (unpaired) electrons. The Kier molecular flexibility index (Phi) is 2.21. The molecule has 0 spiro atoms. The van der Waals surface area contributed by atoms with E-state index >= 15 is 0 Å². The van der Waals surface area contributed by atoms with Crippen LogP contribution < -0.4 is 0 Å². The summed E-state index contributed by atoms with van der Waals surface area (Å²) in [5.74, 6) is -0.501. The number of hydrogen-bond donors (Lipinski definition) is 1. The van der Waals surface area contributed by atoms with Crippen molar-refractivity contribution in [1.82, 2.24) is 0 Å². The van der Waals surface area contributed by atoms with E-state index in [-0.39, 0.29) is 22.7 Å². The molecule has 1 aliphatic rings. The van der Waals surface area contributed by atoms with Crippen molar-refractivity contribution in [2.75, 3.05) is 0 Å². The van der Waals surface area contributed by atoms with Gasteiger partial charge in [-0.1, -0.05) is 34.6 Å². The van der Waals surface area contributed by atoms with Gasteiger partial charge in [-0.15, -0.1) is 0 Å². The molecule has 2 nitrogen and oxygen atoms in total. The van der Waals surface area contributed by atoms with Crippen LogP contribution in [0.4, 0.5) is 0 Å². The van der Waals surface area contributed by atoms with Crippen LogP contribution in [-0.4, -0.2) is 11.1 Å². The second-order valence-electron chi connectivity index (χ2n) is 5.10. The van der Waals surface area contributed by atoms with Gasteiger partial charge in [0.15, 0.2) is 0 Å². The van der Waals surface area contributed by atoms with E-state index in [1.165, 1.54) is 0 Å². The fourth-order valence-corrected chi connectivity index (χ4v) is 2.96. The minimum absolute atomic E-state index is 0.0295. The van der Waals surface area contributed by atoms with E-state index in [0.717, 1.165) is 6.42 Å². The summed E-state index contributed by atoms with van der Waals surface area (Å²) in [6.07, 6.45) is 0.946. The van der Waals surface area contributed by atoms with Crippen molar-refractivity contribution in [3.8, 4) is 0 Å². The van der Waals surface area contributed by atoms with Crippen molar-refractivity contribution in [3.63, 3.8) is 0 Å². The molecule has 0 aromatic carbocycles. The fourth-order valence-electron chi connectivity index (χ4n) is 2.96. The second-order valence-corrected chi connectivity index (χ2v) is 5.10. The standard InChI is InChI=1S/C11H20O2/c1-6-11(5)8(9(12)13)7(2)10(11,3)4/h7-8H,6H2,1-5H3,(H,12,13). The zero-order valence-corrected chi connectivity index (χ0v) is 9.22. The van der Waals surface area contributed by atoms with E-state index in [0.29, 0.717) is 0 Å². The molecule has 3 unspecified atom stereocenters. The molecule has 0 amide bonds. The minimum atomic E-state index is -0.629. The lowest BCUT2D eigenvalue weighted by atomic mass is 9.39. The predicted molar refractivity (Wildman–Crippen MR) is 52.5 cm³/mol. The van der Waals surface area contributed by atoms with Crippen LogP contribution in [0.25, 0.3) is 0 Å². The first kappa shape index (κ1) is 10.6. The molecule has 3 atom stereocenters. The third-order valence-corrected chi connectivity index (χ3v) is 4.80. The van der Waals surface area contributed by atoms with Gasteiger partial charge in [0.25, 0.3) is 0 Å². The Hall–Kier alpha value is -0.530. The molecule has 1 rings (SSSR count). The molecule has 0 aliphatic heterocycles. The summed E-state index contributed by atoms with van der Waals surface area (Å²) in [7, 11) is 0. The van der Waals surface area contributed by atoms with Gasteiger partial charge in [0.05, 0.1) is 5.92 Å². The molecule has 0 aromatic rings. The molecule has 1 saturated carbocycles. The van der Waals surface area contributed by atoms with Gasteiger partial charge < -0.3 is 5.11 Å². The van der Waals surface area contributed by atoms with Crippen molar-refractivity contribution in [2.24, 2.45) is 22.7 Å². The van der Waals surface area contributed by atoms with Crippen LogP contribution in [0.3, 0.4) is 0 Å². The van der Waals surface area contributed by atoms with Crippen molar-refractivity contribution >= 4 is 5.97 Å². The molecule has 76 valence electrons. The molecule has 1 aliphatic carbocycles. The highest BCUT2D eigenvalue weighted by Gasteiger charge is 2.64. The maximum atomic E-state index is 11.1. The Morgan fingerprint density at radius 2 is 1.85 bits per heavy atom. The van der Waals surface area contributed by atoms with Crippen molar-refractivity contribution in [1.29, 1.82) is 0 Å². The summed E-state index contributed by atoms with van der Waals surface area (Å²) in [6, 6.07) is 0. The summed E-state index contributed by atoms with van der Waals surface area (Å²) in [6.45, 7) is 10.6. The van der Waals surface area contributed by atoms with Gasteiger partial charge in [-0.05, 0) is 23.2 Å². The fraction of sp³-hybridized carbons (Fsp3) is 0.909. The Morgan fingerprint density at radius 3 is 2.08 bits per heavy atom. The molecule has 13 heavy (non-hydrogen) atoms. The largest absolute Gasteiger partial charge is 0.481 e. The van der Waals surface area contributed by atoms with E-state index in [1.54, 1.807) is 0 Å². The summed E-state index contributed by atoms with van der Waals surface area (Å²) in [4.78, 5) is 11.1. The first-order chi connectivity index (χ1) is 5.79. The monoisotopic (exact) mass is 184 g/mol. The Bertz CT molecular complexity index is 232. The molecule has 1 N–H and O–H groups in total. The number of rotatable bonds is 2. The lowest BCUT2D eigenvalue weighted by Gasteiger charge is -2.63. The molecule has 0 bridgehead atoms. The maximum Gasteiger partial charge on any atom is 0.307 e. The summed E-state index contributed by atoms with van der Waals surface area (Å²) < 4.78 is 0. The average Bonchev–Trinajstić information content (AvgIpc) is 2.03. The van der Waals surface area contributed by atoms with Crippen LogP contribution in [0.5, 0.6) is 0 Å². The lowest BCUT2D eigenvalue weighted by molar-refractivity contribution is -0.199. The maximum absolute atomic E-state index is 11.1. The van der Waals surface area contributed by atoms with Gasteiger partial charge in [0.1, 0.15) is 0 Å². The average molecular weight is 184 g/mol. The topological polar surface area (TPSA) is 37.3 Å². The van der Waals surface area contributed by atoms with Crippen LogP contribution >= 0.6 is 0 Å². The number of aliphatic carboxylic acids is 1. The van der Waals surface area contributed by atoms with Crippen molar-refractivity contribution in [3.05, 3.63) is 0 Å². The lowest BCUT2D eigenvalue weighted by Crippen LogP contribution is -2.62. The van der Waals surface area contributed by atoms with Crippen molar-refractivity contribution < 1.29 is 9.90 Å². The molecule has 0 aromatic heterocycles. The highest BCUT2D eigenvalue weighted by Crippen LogP contribution is 2.65. The highest BCUT2D eigenvalue weighted by molar-refractivity contribution is 5.73. The third kappa shape index (κ3) is 1.04. The number of carbonyl (C=O) groups is 1. The zero-order valence-electron chi connectivity index (χ0n) is 9.22. The predicted octanol–water partition coefficient (Wildman–Crippen LogP) is 2.78. The van der Waals surface area contributed by atoms with Crippen molar-refractivity contribution in [2.45, 2.75) is 41.0 Å². The van der Waals surface area contributed by atoms with Crippen LogP contribution in [0.15, 0.2) is 0 Å². The number of hydrogen-bond acceptors (Lipinski definition) is 1. The van der Waals surface area contributed by atoms with Gasteiger partial charge in [-0.2, -0.15) is 0 Å². The minimum Gasteiger partial charge on any atom is -0.481 e. The molecule has 0 heterocycles. The van der Waals surface area contributed by atoms with Crippen LogP contribution in [0, 0.1) is 22.7 Å². The summed E-state index contributed by atoms with van der Waals surface area (Å²) in [5, 5.41) is 9.10. The van der Waals surface area contributed by atoms with Crippen LogP contribution in [0.2, 0.25) is 0 Å². The van der Waals surface area contributed by atoms with Gasteiger partial charge in [0.2, 0.25) is 0 Å². The van der Waals surface area contributed by atoms with Crippen LogP contribution in [-0.2, 0) is 4.79 Å². The number of carboxylic acids is 1.